The SMILES string of the molecule is Cl.O=C(O)CCOCCOCCO. The van der Waals surface area contributed by atoms with Crippen molar-refractivity contribution in [2.75, 3.05) is 33.0 Å². The topological polar surface area (TPSA) is 76.0 Å². The normalized spacial score (nSPS) is 9.31. The molecule has 0 unspecified atom stereocenters. The zero-order chi connectivity index (χ0) is 9.23. The molecule has 0 amide bonds. The first kappa shape index (κ1) is 15.1. The number of aliphatic hydroxyl groups excluding tert-OH is 1. The zero-order valence-electron chi connectivity index (χ0n) is 7.27. The molecule has 6 heteroatoms. The Hall–Kier alpha value is -0.360. The Kier molecular flexibility index (Phi) is 13.5. The van der Waals surface area contributed by atoms with E-state index in [1.807, 2.05) is 0 Å². The third-order valence-electron chi connectivity index (χ3n) is 1.07. The van der Waals surface area contributed by atoms with Crippen molar-refractivity contribution in [3.8, 4) is 0 Å². The first-order valence-corrected chi connectivity index (χ1v) is 3.75. The van der Waals surface area contributed by atoms with Crippen LogP contribution in [0.15, 0.2) is 0 Å². The number of hydrogen-bond donors (Lipinski definition) is 2. The fourth-order valence-corrected chi connectivity index (χ4v) is 0.546. The second kappa shape index (κ2) is 11.6. The largest absolute Gasteiger partial charge is 0.481 e. The number of aliphatic carboxylic acids is 1. The summed E-state index contributed by atoms with van der Waals surface area (Å²) in [5.74, 6) is -0.869. The van der Waals surface area contributed by atoms with E-state index >= 15 is 0 Å². The van der Waals surface area contributed by atoms with Crippen LogP contribution >= 0.6 is 12.4 Å². The maximum absolute atomic E-state index is 9.99. The van der Waals surface area contributed by atoms with Crippen LogP contribution in [0.3, 0.4) is 0 Å². The van der Waals surface area contributed by atoms with Crippen molar-refractivity contribution in [2.45, 2.75) is 6.42 Å². The van der Waals surface area contributed by atoms with Gasteiger partial charge in [-0.05, 0) is 0 Å². The molecule has 0 heterocycles. The van der Waals surface area contributed by atoms with Gasteiger partial charge >= 0.3 is 5.97 Å². The van der Waals surface area contributed by atoms with E-state index in [2.05, 4.69) is 0 Å². The molecular weight excluding hydrogens is 200 g/mol. The van der Waals surface area contributed by atoms with Crippen molar-refractivity contribution < 1.29 is 24.5 Å². The van der Waals surface area contributed by atoms with Crippen LogP contribution in [-0.4, -0.2) is 49.2 Å². The highest BCUT2D eigenvalue weighted by atomic mass is 35.5. The van der Waals surface area contributed by atoms with E-state index in [0.29, 0.717) is 19.8 Å². The lowest BCUT2D eigenvalue weighted by Gasteiger charge is -2.02. The molecule has 0 spiro atoms. The number of carboxylic acids is 1. The van der Waals surface area contributed by atoms with Crippen molar-refractivity contribution in [3.05, 3.63) is 0 Å². The molecule has 0 aromatic heterocycles. The van der Waals surface area contributed by atoms with Crippen molar-refractivity contribution in [1.29, 1.82) is 0 Å². The van der Waals surface area contributed by atoms with E-state index in [4.69, 9.17) is 19.7 Å². The van der Waals surface area contributed by atoms with Crippen LogP contribution in [0.25, 0.3) is 0 Å². The summed E-state index contributed by atoms with van der Waals surface area (Å²) in [5, 5.41) is 16.5. The van der Waals surface area contributed by atoms with Gasteiger partial charge in [-0.1, -0.05) is 0 Å². The van der Waals surface area contributed by atoms with E-state index in [-0.39, 0.29) is 32.0 Å². The Morgan fingerprint density at radius 3 is 2.08 bits per heavy atom. The highest BCUT2D eigenvalue weighted by Crippen LogP contribution is 1.83. The summed E-state index contributed by atoms with van der Waals surface area (Å²) in [6.45, 7) is 1.25. The Labute approximate surface area is 83.1 Å². The molecule has 0 rings (SSSR count). The second-order valence-electron chi connectivity index (χ2n) is 2.09. The summed E-state index contributed by atoms with van der Waals surface area (Å²) in [7, 11) is 0. The molecule has 80 valence electrons. The second-order valence-corrected chi connectivity index (χ2v) is 2.09. The molecule has 0 aliphatic heterocycles. The fraction of sp³-hybridized carbons (Fsp3) is 0.857. The van der Waals surface area contributed by atoms with E-state index < -0.39 is 5.97 Å². The first-order valence-electron chi connectivity index (χ1n) is 3.75. The lowest BCUT2D eigenvalue weighted by Crippen LogP contribution is -2.09. The average molecular weight is 215 g/mol. The van der Waals surface area contributed by atoms with Crippen molar-refractivity contribution in [1.82, 2.24) is 0 Å². The first-order chi connectivity index (χ1) is 5.77. The van der Waals surface area contributed by atoms with Crippen molar-refractivity contribution in [3.63, 3.8) is 0 Å². The van der Waals surface area contributed by atoms with Gasteiger partial charge < -0.3 is 19.7 Å². The minimum atomic E-state index is -0.869. The Morgan fingerprint density at radius 1 is 1.08 bits per heavy atom. The van der Waals surface area contributed by atoms with Crippen molar-refractivity contribution in [2.24, 2.45) is 0 Å². The smallest absolute Gasteiger partial charge is 0.305 e. The molecule has 13 heavy (non-hydrogen) atoms. The summed E-state index contributed by atoms with van der Waals surface area (Å²) in [6, 6.07) is 0. The Balaban J connectivity index is 0. The van der Waals surface area contributed by atoms with Gasteiger partial charge in [-0.2, -0.15) is 0 Å². The van der Waals surface area contributed by atoms with Crippen LogP contribution < -0.4 is 0 Å². The van der Waals surface area contributed by atoms with E-state index in [1.165, 1.54) is 0 Å². The molecule has 0 saturated carbocycles. The van der Waals surface area contributed by atoms with Gasteiger partial charge in [0.2, 0.25) is 0 Å². The van der Waals surface area contributed by atoms with Crippen molar-refractivity contribution >= 4 is 18.4 Å². The van der Waals surface area contributed by atoms with Crippen LogP contribution in [0.5, 0.6) is 0 Å². The molecule has 2 N–H and O–H groups in total. The van der Waals surface area contributed by atoms with Gasteiger partial charge in [0.15, 0.2) is 0 Å². The lowest BCUT2D eigenvalue weighted by molar-refractivity contribution is -0.138. The molecule has 0 saturated heterocycles. The molecule has 0 aromatic rings. The number of carboxylic acid groups (broad SMARTS) is 1. The van der Waals surface area contributed by atoms with Gasteiger partial charge in [-0.15, -0.1) is 12.4 Å². The predicted molar refractivity (Wildman–Crippen MR) is 48.2 cm³/mol. The number of halogens is 1. The molecule has 0 atom stereocenters. The standard InChI is InChI=1S/C7H14O5.ClH/c8-2-4-12-6-5-11-3-1-7(9)10;/h8H,1-6H2,(H,9,10);1H. The number of aliphatic hydroxyl groups is 1. The summed E-state index contributed by atoms with van der Waals surface area (Å²) >= 11 is 0. The minimum Gasteiger partial charge on any atom is -0.481 e. The van der Waals surface area contributed by atoms with Crippen LogP contribution in [0, 0.1) is 0 Å². The van der Waals surface area contributed by atoms with Gasteiger partial charge in [0.1, 0.15) is 0 Å². The highest BCUT2D eigenvalue weighted by molar-refractivity contribution is 5.85. The number of carbonyl (C=O) groups is 1. The molecule has 0 aromatic carbocycles. The van der Waals surface area contributed by atoms with E-state index in [1.54, 1.807) is 0 Å². The third-order valence-corrected chi connectivity index (χ3v) is 1.07. The molecule has 0 fully saturated rings. The fourth-order valence-electron chi connectivity index (χ4n) is 0.546. The summed E-state index contributed by atoms with van der Waals surface area (Å²) in [6.07, 6.45) is 0.0139. The molecule has 0 bridgehead atoms. The molecule has 0 radical (unpaired) electrons. The maximum Gasteiger partial charge on any atom is 0.305 e. The zero-order valence-corrected chi connectivity index (χ0v) is 8.09. The number of rotatable bonds is 8. The molecular formula is C7H15ClO5. The molecule has 0 aliphatic carbocycles. The number of ether oxygens (including phenoxy) is 2. The summed E-state index contributed by atoms with van der Waals surface area (Å²) < 4.78 is 9.77. The quantitative estimate of drug-likeness (QED) is 0.553. The summed E-state index contributed by atoms with van der Waals surface area (Å²) in [4.78, 5) is 9.99. The Bertz CT molecular complexity index is 119. The van der Waals surface area contributed by atoms with Crippen LogP contribution in [-0.2, 0) is 14.3 Å². The minimum absolute atomic E-state index is 0. The third kappa shape index (κ3) is 14.5. The molecule has 0 aliphatic rings. The average Bonchev–Trinajstić information content (AvgIpc) is 2.02. The maximum atomic E-state index is 9.99. The monoisotopic (exact) mass is 214 g/mol. The van der Waals surface area contributed by atoms with Crippen LogP contribution in [0.1, 0.15) is 6.42 Å². The molecule has 5 nitrogen and oxygen atoms in total. The van der Waals surface area contributed by atoms with E-state index in [0.717, 1.165) is 0 Å². The van der Waals surface area contributed by atoms with Gasteiger partial charge in [-0.3, -0.25) is 4.79 Å². The Morgan fingerprint density at radius 2 is 1.62 bits per heavy atom. The lowest BCUT2D eigenvalue weighted by atomic mass is 10.5. The van der Waals surface area contributed by atoms with Crippen LogP contribution in [0.2, 0.25) is 0 Å². The number of hydrogen-bond acceptors (Lipinski definition) is 4. The van der Waals surface area contributed by atoms with Gasteiger partial charge in [0, 0.05) is 0 Å². The van der Waals surface area contributed by atoms with Crippen LogP contribution in [0.4, 0.5) is 0 Å². The van der Waals surface area contributed by atoms with Gasteiger partial charge in [0.25, 0.3) is 0 Å². The highest BCUT2D eigenvalue weighted by Gasteiger charge is 1.95. The van der Waals surface area contributed by atoms with E-state index in [9.17, 15) is 4.79 Å². The van der Waals surface area contributed by atoms with Gasteiger partial charge in [-0.25, -0.2) is 0 Å². The van der Waals surface area contributed by atoms with Gasteiger partial charge in [0.05, 0.1) is 39.5 Å². The predicted octanol–water partition coefficient (Wildman–Crippen LogP) is -0.0916. The summed E-state index contributed by atoms with van der Waals surface area (Å²) in [5.41, 5.74) is 0.